The highest BCUT2D eigenvalue weighted by Crippen LogP contribution is 2.17. The normalized spacial score (nSPS) is 22.5. The smallest absolute Gasteiger partial charge is 0.0700 e. The third kappa shape index (κ3) is 3.58. The van der Waals surface area contributed by atoms with Gasteiger partial charge in [0.15, 0.2) is 0 Å². The lowest BCUT2D eigenvalue weighted by molar-refractivity contribution is 0.108. The second kappa shape index (κ2) is 5.80. The van der Waals surface area contributed by atoms with Crippen LogP contribution in [0.2, 0.25) is 0 Å². The number of hydrogen-bond donors (Lipinski definition) is 1. The van der Waals surface area contributed by atoms with E-state index in [1.165, 1.54) is 22.6 Å². The molecule has 3 heteroatoms. The largest absolute Gasteiger partial charge is 0.377 e. The third-order valence-electron chi connectivity index (χ3n) is 3.02. The van der Waals surface area contributed by atoms with Crippen LogP contribution >= 0.6 is 11.3 Å². The number of hydrogen-bond acceptors (Lipinski definition) is 3. The molecule has 2 nitrogen and oxygen atoms in total. The molecule has 1 saturated heterocycles. The van der Waals surface area contributed by atoms with Crippen molar-refractivity contribution in [3.05, 3.63) is 21.9 Å². The Balaban J connectivity index is 1.69. The monoisotopic (exact) mass is 239 g/mol. The molecular weight excluding hydrogens is 218 g/mol. The average Bonchev–Trinajstić information content (AvgIpc) is 2.87. The highest BCUT2D eigenvalue weighted by molar-refractivity contribution is 7.11. The van der Waals surface area contributed by atoms with E-state index in [1.54, 1.807) is 0 Å². The Morgan fingerprint density at radius 1 is 1.56 bits per heavy atom. The van der Waals surface area contributed by atoms with E-state index in [4.69, 9.17) is 4.74 Å². The van der Waals surface area contributed by atoms with Gasteiger partial charge >= 0.3 is 0 Å². The summed E-state index contributed by atoms with van der Waals surface area (Å²) < 4.78 is 5.60. The van der Waals surface area contributed by atoms with Gasteiger partial charge in [-0.2, -0.15) is 0 Å². The number of thiophene rings is 1. The molecule has 1 aliphatic heterocycles. The van der Waals surface area contributed by atoms with Crippen molar-refractivity contribution < 1.29 is 4.74 Å². The third-order valence-corrected chi connectivity index (χ3v) is 4.04. The first-order valence-corrected chi connectivity index (χ1v) is 6.96. The van der Waals surface area contributed by atoms with Gasteiger partial charge in [0.2, 0.25) is 0 Å². The van der Waals surface area contributed by atoms with Gasteiger partial charge in [-0.05, 0) is 45.2 Å². The average molecular weight is 239 g/mol. The SMILES string of the molecule is Cc1ccc(CC(C)NCC2CCCO2)s1. The van der Waals surface area contributed by atoms with Gasteiger partial charge < -0.3 is 10.1 Å². The molecule has 1 aromatic heterocycles. The zero-order chi connectivity index (χ0) is 11.4. The first-order chi connectivity index (χ1) is 7.74. The Bertz CT molecular complexity index is 317. The van der Waals surface area contributed by atoms with E-state index in [2.05, 4.69) is 31.3 Å². The van der Waals surface area contributed by atoms with Gasteiger partial charge in [0, 0.05) is 28.9 Å². The topological polar surface area (TPSA) is 21.3 Å². The van der Waals surface area contributed by atoms with Crippen LogP contribution in [0.5, 0.6) is 0 Å². The Hall–Kier alpha value is -0.380. The highest BCUT2D eigenvalue weighted by Gasteiger charge is 2.16. The summed E-state index contributed by atoms with van der Waals surface area (Å²) in [6.45, 7) is 6.37. The maximum Gasteiger partial charge on any atom is 0.0700 e. The summed E-state index contributed by atoms with van der Waals surface area (Å²) in [6, 6.07) is 4.99. The zero-order valence-corrected chi connectivity index (χ0v) is 11.0. The van der Waals surface area contributed by atoms with Crippen molar-refractivity contribution in [2.24, 2.45) is 0 Å². The van der Waals surface area contributed by atoms with E-state index < -0.39 is 0 Å². The number of rotatable bonds is 5. The van der Waals surface area contributed by atoms with Crippen molar-refractivity contribution in [2.45, 2.75) is 45.3 Å². The van der Waals surface area contributed by atoms with E-state index >= 15 is 0 Å². The molecule has 2 unspecified atom stereocenters. The van der Waals surface area contributed by atoms with Crippen LogP contribution in [0.1, 0.15) is 29.5 Å². The van der Waals surface area contributed by atoms with E-state index in [9.17, 15) is 0 Å². The van der Waals surface area contributed by atoms with Crippen LogP contribution in [0.4, 0.5) is 0 Å². The molecule has 1 N–H and O–H groups in total. The van der Waals surface area contributed by atoms with Gasteiger partial charge in [-0.25, -0.2) is 0 Å². The molecule has 0 aromatic carbocycles. The molecule has 0 radical (unpaired) electrons. The summed E-state index contributed by atoms with van der Waals surface area (Å²) in [5.41, 5.74) is 0. The van der Waals surface area contributed by atoms with Crippen molar-refractivity contribution in [3.8, 4) is 0 Å². The summed E-state index contributed by atoms with van der Waals surface area (Å²) in [4.78, 5) is 2.88. The molecule has 0 spiro atoms. The van der Waals surface area contributed by atoms with Crippen molar-refractivity contribution in [2.75, 3.05) is 13.2 Å². The number of nitrogens with one attached hydrogen (secondary N) is 1. The van der Waals surface area contributed by atoms with E-state index in [0.717, 1.165) is 19.6 Å². The molecule has 90 valence electrons. The van der Waals surface area contributed by atoms with Crippen LogP contribution in [-0.2, 0) is 11.2 Å². The summed E-state index contributed by atoms with van der Waals surface area (Å²) in [5, 5.41) is 3.56. The molecule has 2 heterocycles. The van der Waals surface area contributed by atoms with Crippen LogP contribution in [0.3, 0.4) is 0 Å². The van der Waals surface area contributed by atoms with Crippen LogP contribution in [-0.4, -0.2) is 25.3 Å². The molecular formula is C13H21NOS. The minimum Gasteiger partial charge on any atom is -0.377 e. The molecule has 2 rings (SSSR count). The Kier molecular flexibility index (Phi) is 4.38. The summed E-state index contributed by atoms with van der Waals surface area (Å²) in [7, 11) is 0. The lowest BCUT2D eigenvalue weighted by Crippen LogP contribution is -2.34. The Labute approximate surface area is 102 Å². The van der Waals surface area contributed by atoms with Crippen LogP contribution in [0, 0.1) is 6.92 Å². The predicted octanol–water partition coefficient (Wildman–Crippen LogP) is 2.76. The van der Waals surface area contributed by atoms with Gasteiger partial charge in [-0.15, -0.1) is 11.3 Å². The first-order valence-electron chi connectivity index (χ1n) is 6.14. The molecule has 1 aromatic rings. The second-order valence-corrected chi connectivity index (χ2v) is 6.03. The molecule has 1 aliphatic rings. The first kappa shape index (κ1) is 12.1. The maximum absolute atomic E-state index is 5.60. The van der Waals surface area contributed by atoms with Crippen molar-refractivity contribution in [3.63, 3.8) is 0 Å². The van der Waals surface area contributed by atoms with Gasteiger partial charge in [-0.3, -0.25) is 0 Å². The quantitative estimate of drug-likeness (QED) is 0.853. The lowest BCUT2D eigenvalue weighted by Gasteiger charge is -2.16. The van der Waals surface area contributed by atoms with Crippen molar-refractivity contribution in [1.29, 1.82) is 0 Å². The molecule has 2 atom stereocenters. The van der Waals surface area contributed by atoms with Gasteiger partial charge in [0.25, 0.3) is 0 Å². The van der Waals surface area contributed by atoms with Gasteiger partial charge in [-0.1, -0.05) is 0 Å². The molecule has 1 fully saturated rings. The minimum absolute atomic E-state index is 0.451. The zero-order valence-electron chi connectivity index (χ0n) is 10.2. The predicted molar refractivity (Wildman–Crippen MR) is 69.2 cm³/mol. The van der Waals surface area contributed by atoms with Crippen molar-refractivity contribution >= 4 is 11.3 Å². The van der Waals surface area contributed by atoms with Gasteiger partial charge in [0.1, 0.15) is 0 Å². The fourth-order valence-electron chi connectivity index (χ4n) is 2.11. The van der Waals surface area contributed by atoms with E-state index in [0.29, 0.717) is 12.1 Å². The summed E-state index contributed by atoms with van der Waals surface area (Å²) in [6.07, 6.45) is 4.03. The van der Waals surface area contributed by atoms with Gasteiger partial charge in [0.05, 0.1) is 6.10 Å². The highest BCUT2D eigenvalue weighted by atomic mass is 32.1. The molecule has 16 heavy (non-hydrogen) atoms. The molecule has 0 aliphatic carbocycles. The maximum atomic E-state index is 5.60. The molecule has 0 bridgehead atoms. The summed E-state index contributed by atoms with van der Waals surface area (Å²) >= 11 is 1.90. The number of ether oxygens (including phenoxy) is 1. The van der Waals surface area contributed by atoms with Crippen LogP contribution in [0.25, 0.3) is 0 Å². The molecule has 0 amide bonds. The van der Waals surface area contributed by atoms with Crippen LogP contribution < -0.4 is 5.32 Å². The van der Waals surface area contributed by atoms with E-state index in [-0.39, 0.29) is 0 Å². The molecule has 0 saturated carbocycles. The summed E-state index contributed by atoms with van der Waals surface area (Å²) in [5.74, 6) is 0. The van der Waals surface area contributed by atoms with Crippen LogP contribution in [0.15, 0.2) is 12.1 Å². The number of aryl methyl sites for hydroxylation is 1. The standard InChI is InChI=1S/C13H21NOS/c1-10(8-13-6-5-11(2)16-13)14-9-12-4-3-7-15-12/h5-6,10,12,14H,3-4,7-9H2,1-2H3. The Morgan fingerprint density at radius 2 is 2.44 bits per heavy atom. The second-order valence-electron chi connectivity index (χ2n) is 4.66. The lowest BCUT2D eigenvalue weighted by atomic mass is 10.2. The Morgan fingerprint density at radius 3 is 3.06 bits per heavy atom. The fourth-order valence-corrected chi connectivity index (χ4v) is 3.13. The van der Waals surface area contributed by atoms with E-state index in [1.807, 2.05) is 11.3 Å². The fraction of sp³-hybridized carbons (Fsp3) is 0.692. The minimum atomic E-state index is 0.451. The van der Waals surface area contributed by atoms with Crippen molar-refractivity contribution in [1.82, 2.24) is 5.32 Å².